The molecule has 0 fully saturated rings. The summed E-state index contributed by atoms with van der Waals surface area (Å²) in [7, 11) is 0. The first kappa shape index (κ1) is 8.86. The largest absolute Gasteiger partial charge is 0.451 e. The van der Waals surface area contributed by atoms with Crippen molar-refractivity contribution in [2.75, 3.05) is 0 Å². The van der Waals surface area contributed by atoms with Crippen molar-refractivity contribution in [3.63, 3.8) is 0 Å². The van der Waals surface area contributed by atoms with E-state index >= 15 is 0 Å². The molecule has 1 N–H and O–H groups in total. The van der Waals surface area contributed by atoms with Gasteiger partial charge in [0.1, 0.15) is 11.2 Å². The second-order valence-electron chi connectivity index (χ2n) is 3.64. The Morgan fingerprint density at radius 2 is 2.14 bits per heavy atom. The van der Waals surface area contributed by atoms with Gasteiger partial charge in [-0.25, -0.2) is 4.79 Å². The van der Waals surface area contributed by atoms with Crippen molar-refractivity contribution in [3.05, 3.63) is 11.4 Å². The van der Waals surface area contributed by atoms with E-state index in [1.165, 1.54) is 0 Å². The predicted octanol–water partition coefficient (Wildman–Crippen LogP) is 0.309. The quantitative estimate of drug-likeness (QED) is 0.650. The third kappa shape index (κ3) is 1.11. The number of ether oxygens (including phenoxy) is 1. The number of nitrogens with zero attached hydrogens (tertiary/aromatic N) is 3. The summed E-state index contributed by atoms with van der Waals surface area (Å²) in [6.45, 7) is 5.48. The minimum Gasteiger partial charge on any atom is -0.451 e. The maximum absolute atomic E-state index is 11.5. The number of rotatable bonds is 1. The van der Waals surface area contributed by atoms with Crippen LogP contribution in [0.25, 0.3) is 5.57 Å². The Morgan fingerprint density at radius 3 is 2.57 bits per heavy atom. The standard InChI is InChI=1S/C8H10N4O2/c1-4-5(6-9-11-12-10-6)7(13)14-8(4,2)3/h1-3H3,(H,9,10,11,12). The van der Waals surface area contributed by atoms with E-state index in [1.807, 2.05) is 20.8 Å². The second kappa shape index (κ2) is 2.63. The van der Waals surface area contributed by atoms with Crippen LogP contribution >= 0.6 is 0 Å². The lowest BCUT2D eigenvalue weighted by molar-refractivity contribution is -0.142. The van der Waals surface area contributed by atoms with Gasteiger partial charge in [0.2, 0.25) is 5.82 Å². The summed E-state index contributed by atoms with van der Waals surface area (Å²) in [6.07, 6.45) is 0. The van der Waals surface area contributed by atoms with Gasteiger partial charge in [0.25, 0.3) is 0 Å². The number of H-pyrrole nitrogens is 1. The number of aromatic amines is 1. The Balaban J connectivity index is 2.54. The Hall–Kier alpha value is -1.72. The predicted molar refractivity (Wildman–Crippen MR) is 46.9 cm³/mol. The van der Waals surface area contributed by atoms with E-state index in [9.17, 15) is 4.79 Å². The third-order valence-electron chi connectivity index (χ3n) is 2.40. The highest BCUT2D eigenvalue weighted by Crippen LogP contribution is 2.35. The molecule has 0 aliphatic carbocycles. The number of carbonyl (C=O) groups excluding carboxylic acids is 1. The molecule has 0 amide bonds. The molecule has 0 aromatic carbocycles. The molecule has 0 atom stereocenters. The smallest absolute Gasteiger partial charge is 0.343 e. The zero-order chi connectivity index (χ0) is 10.3. The van der Waals surface area contributed by atoms with Crippen molar-refractivity contribution in [1.82, 2.24) is 20.6 Å². The fourth-order valence-electron chi connectivity index (χ4n) is 1.34. The molecular weight excluding hydrogens is 184 g/mol. The first-order chi connectivity index (χ1) is 6.52. The average Bonchev–Trinajstić information content (AvgIpc) is 2.61. The Bertz CT molecular complexity index is 405. The average molecular weight is 194 g/mol. The normalized spacial score (nSPS) is 20.1. The summed E-state index contributed by atoms with van der Waals surface area (Å²) in [5.41, 5.74) is 0.653. The van der Waals surface area contributed by atoms with E-state index in [2.05, 4.69) is 20.6 Å². The lowest BCUT2D eigenvalue weighted by Gasteiger charge is -2.17. The number of nitrogens with one attached hydrogen (secondary N) is 1. The lowest BCUT2D eigenvalue weighted by Crippen LogP contribution is -2.21. The van der Waals surface area contributed by atoms with Gasteiger partial charge in [-0.3, -0.25) is 0 Å². The van der Waals surface area contributed by atoms with Crippen molar-refractivity contribution in [3.8, 4) is 0 Å². The maximum Gasteiger partial charge on any atom is 0.343 e. The molecule has 6 nitrogen and oxygen atoms in total. The van der Waals surface area contributed by atoms with Crippen molar-refractivity contribution in [1.29, 1.82) is 0 Å². The summed E-state index contributed by atoms with van der Waals surface area (Å²) in [4.78, 5) is 11.5. The van der Waals surface area contributed by atoms with Crippen molar-refractivity contribution < 1.29 is 9.53 Å². The molecule has 0 unspecified atom stereocenters. The molecule has 1 aliphatic heterocycles. The highest BCUT2D eigenvalue weighted by atomic mass is 16.6. The van der Waals surface area contributed by atoms with E-state index < -0.39 is 11.6 Å². The molecule has 6 heteroatoms. The van der Waals surface area contributed by atoms with Crippen LogP contribution in [0.5, 0.6) is 0 Å². The van der Waals surface area contributed by atoms with Gasteiger partial charge in [-0.05, 0) is 31.6 Å². The lowest BCUT2D eigenvalue weighted by atomic mass is 9.97. The molecular formula is C8H10N4O2. The van der Waals surface area contributed by atoms with Crippen molar-refractivity contribution in [2.24, 2.45) is 0 Å². The topological polar surface area (TPSA) is 80.8 Å². The van der Waals surface area contributed by atoms with E-state index in [0.717, 1.165) is 5.57 Å². The van der Waals surface area contributed by atoms with Crippen LogP contribution < -0.4 is 0 Å². The van der Waals surface area contributed by atoms with Gasteiger partial charge in [-0.15, -0.1) is 10.2 Å². The maximum atomic E-state index is 11.5. The molecule has 14 heavy (non-hydrogen) atoms. The molecule has 0 radical (unpaired) electrons. The van der Waals surface area contributed by atoms with Crippen LogP contribution in [0.2, 0.25) is 0 Å². The Labute approximate surface area is 80.3 Å². The molecule has 0 saturated carbocycles. The van der Waals surface area contributed by atoms with Crippen LogP contribution in [0.3, 0.4) is 0 Å². The van der Waals surface area contributed by atoms with Crippen LogP contribution in [0, 0.1) is 0 Å². The number of hydrogen-bond donors (Lipinski definition) is 1. The van der Waals surface area contributed by atoms with Gasteiger partial charge in [-0.1, -0.05) is 0 Å². The van der Waals surface area contributed by atoms with Crippen molar-refractivity contribution >= 4 is 11.5 Å². The zero-order valence-electron chi connectivity index (χ0n) is 8.16. The van der Waals surface area contributed by atoms with Crippen LogP contribution in [0.4, 0.5) is 0 Å². The molecule has 0 bridgehead atoms. The van der Waals surface area contributed by atoms with Gasteiger partial charge in [0.05, 0.1) is 0 Å². The molecule has 2 rings (SSSR count). The zero-order valence-corrected chi connectivity index (χ0v) is 8.16. The minimum atomic E-state index is -0.576. The summed E-state index contributed by atoms with van der Waals surface area (Å²) in [5, 5.41) is 13.2. The molecule has 0 spiro atoms. The highest BCUT2D eigenvalue weighted by Gasteiger charge is 2.39. The Morgan fingerprint density at radius 1 is 1.43 bits per heavy atom. The number of aromatic nitrogens is 4. The molecule has 2 heterocycles. The SMILES string of the molecule is CC1=C(c2nn[nH]n2)C(=O)OC1(C)C. The van der Waals surface area contributed by atoms with Crippen LogP contribution in [-0.2, 0) is 9.53 Å². The fourth-order valence-corrected chi connectivity index (χ4v) is 1.34. The third-order valence-corrected chi connectivity index (χ3v) is 2.40. The fraction of sp³-hybridized carbons (Fsp3) is 0.500. The first-order valence-corrected chi connectivity index (χ1v) is 4.21. The summed E-state index contributed by atoms with van der Waals surface area (Å²) < 4.78 is 5.16. The van der Waals surface area contributed by atoms with Crippen molar-refractivity contribution in [2.45, 2.75) is 26.4 Å². The minimum absolute atomic E-state index is 0.290. The number of hydrogen-bond acceptors (Lipinski definition) is 5. The van der Waals surface area contributed by atoms with Gasteiger partial charge in [0, 0.05) is 0 Å². The molecule has 0 saturated heterocycles. The molecule has 1 aliphatic rings. The van der Waals surface area contributed by atoms with Crippen LogP contribution in [-0.4, -0.2) is 32.2 Å². The van der Waals surface area contributed by atoms with E-state index in [-0.39, 0.29) is 5.82 Å². The van der Waals surface area contributed by atoms with E-state index in [0.29, 0.717) is 5.57 Å². The molecule has 1 aromatic rings. The van der Waals surface area contributed by atoms with E-state index in [1.54, 1.807) is 0 Å². The first-order valence-electron chi connectivity index (χ1n) is 4.21. The van der Waals surface area contributed by atoms with E-state index in [4.69, 9.17) is 4.74 Å². The summed E-state index contributed by atoms with van der Waals surface area (Å²) >= 11 is 0. The molecule has 1 aromatic heterocycles. The summed E-state index contributed by atoms with van der Waals surface area (Å²) in [6, 6.07) is 0. The highest BCUT2D eigenvalue weighted by molar-refractivity contribution is 6.18. The van der Waals surface area contributed by atoms with Gasteiger partial charge in [-0.2, -0.15) is 5.21 Å². The van der Waals surface area contributed by atoms with Gasteiger partial charge < -0.3 is 4.74 Å². The number of carbonyl (C=O) groups is 1. The van der Waals surface area contributed by atoms with Gasteiger partial charge in [0.15, 0.2) is 0 Å². The monoisotopic (exact) mass is 194 g/mol. The second-order valence-corrected chi connectivity index (χ2v) is 3.64. The van der Waals surface area contributed by atoms with Gasteiger partial charge >= 0.3 is 5.97 Å². The Kier molecular flexibility index (Phi) is 1.67. The van der Waals surface area contributed by atoms with Crippen LogP contribution in [0.15, 0.2) is 5.57 Å². The number of cyclic esters (lactones) is 1. The summed E-state index contributed by atoms with van der Waals surface area (Å²) in [5.74, 6) is -0.105. The van der Waals surface area contributed by atoms with Crippen LogP contribution in [0.1, 0.15) is 26.6 Å². The molecule has 74 valence electrons. The number of tetrazole rings is 1. The number of esters is 1.